The van der Waals surface area contributed by atoms with Gasteiger partial charge in [0.1, 0.15) is 11.9 Å². The number of para-hydroxylation sites is 1. The monoisotopic (exact) mass is 679 g/mol. The fourth-order valence-corrected chi connectivity index (χ4v) is 7.12. The Morgan fingerprint density at radius 3 is 2.54 bits per heavy atom. The van der Waals surface area contributed by atoms with Crippen LogP contribution in [0.15, 0.2) is 48.7 Å². The lowest BCUT2D eigenvalue weighted by atomic mass is 9.97. The standard InChI is InChI=1S/C35H38FN11O3/c1-37-34(49)31-28(14-30(42-43-31)41-33(48)23-13-25(23)36)40-26-9-6-8-22-24-15-38-47(29(24)19-44(2)32(22)26)21-17-45(18-21)16-20-7-5-10-27(39-20)35(50)46-11-3-4-12-46/h5-10,14-15,21,23,25H,3-4,11-13,16-19H2,1-2H3,(H,37,49)(H2,40,41,42,48)/t23-,25+/m1/s1. The Morgan fingerprint density at radius 2 is 1.78 bits per heavy atom. The van der Waals surface area contributed by atoms with E-state index in [-0.39, 0.29) is 29.9 Å². The van der Waals surface area contributed by atoms with Gasteiger partial charge in [-0.3, -0.25) is 24.0 Å². The third-order valence-electron chi connectivity index (χ3n) is 9.89. The normalized spacial score (nSPS) is 19.7. The smallest absolute Gasteiger partial charge is 0.273 e. The number of alkyl halides is 1. The molecule has 0 spiro atoms. The number of aromatic nitrogens is 5. The average molecular weight is 680 g/mol. The molecule has 1 saturated carbocycles. The predicted molar refractivity (Wildman–Crippen MR) is 184 cm³/mol. The molecule has 3 amide bonds. The van der Waals surface area contributed by atoms with E-state index in [9.17, 15) is 18.8 Å². The first-order valence-electron chi connectivity index (χ1n) is 17.0. The van der Waals surface area contributed by atoms with Crippen LogP contribution in [0.25, 0.3) is 11.1 Å². The minimum Gasteiger partial charge on any atom is -0.366 e. The summed E-state index contributed by atoms with van der Waals surface area (Å²) in [4.78, 5) is 49.0. The largest absolute Gasteiger partial charge is 0.366 e. The molecule has 8 rings (SSSR count). The van der Waals surface area contributed by atoms with Gasteiger partial charge in [0.15, 0.2) is 11.5 Å². The Kier molecular flexibility index (Phi) is 8.13. The molecule has 1 aromatic carbocycles. The van der Waals surface area contributed by atoms with Crippen molar-refractivity contribution in [1.29, 1.82) is 0 Å². The highest BCUT2D eigenvalue weighted by atomic mass is 19.1. The molecule has 258 valence electrons. The third kappa shape index (κ3) is 5.91. The van der Waals surface area contributed by atoms with Crippen LogP contribution in [0.2, 0.25) is 0 Å². The van der Waals surface area contributed by atoms with Crippen LogP contribution in [0, 0.1) is 5.92 Å². The van der Waals surface area contributed by atoms with Gasteiger partial charge in [-0.05, 0) is 37.5 Å². The molecule has 15 heteroatoms. The number of anilines is 4. The Labute approximate surface area is 288 Å². The summed E-state index contributed by atoms with van der Waals surface area (Å²) >= 11 is 0. The molecule has 2 saturated heterocycles. The van der Waals surface area contributed by atoms with Gasteiger partial charge in [0, 0.05) is 64.0 Å². The van der Waals surface area contributed by atoms with E-state index in [0.717, 1.165) is 72.9 Å². The number of fused-ring (bicyclic) bond motifs is 3. The van der Waals surface area contributed by atoms with Gasteiger partial charge < -0.3 is 25.8 Å². The van der Waals surface area contributed by atoms with Gasteiger partial charge in [-0.2, -0.15) is 5.10 Å². The first-order chi connectivity index (χ1) is 24.3. The summed E-state index contributed by atoms with van der Waals surface area (Å²) in [6.07, 6.45) is 3.06. The molecule has 3 N–H and O–H groups in total. The quantitative estimate of drug-likeness (QED) is 0.240. The van der Waals surface area contributed by atoms with E-state index in [2.05, 4.69) is 51.7 Å². The predicted octanol–water partition coefficient (Wildman–Crippen LogP) is 3.38. The summed E-state index contributed by atoms with van der Waals surface area (Å²) < 4.78 is 15.6. The van der Waals surface area contributed by atoms with E-state index >= 15 is 0 Å². The average Bonchev–Trinajstić information content (AvgIpc) is 3.43. The molecule has 1 aliphatic carbocycles. The van der Waals surface area contributed by atoms with Crippen LogP contribution < -0.4 is 20.9 Å². The van der Waals surface area contributed by atoms with E-state index < -0.39 is 23.9 Å². The second-order valence-corrected chi connectivity index (χ2v) is 13.4. The molecule has 4 aliphatic rings. The topological polar surface area (TPSA) is 154 Å². The number of carbonyl (C=O) groups is 3. The second kappa shape index (κ2) is 12.8. The zero-order valence-electron chi connectivity index (χ0n) is 27.9. The highest BCUT2D eigenvalue weighted by molar-refractivity contribution is 6.01. The lowest BCUT2D eigenvalue weighted by molar-refractivity contribution is -0.117. The van der Waals surface area contributed by atoms with Crippen LogP contribution in [-0.4, -0.2) is 98.9 Å². The van der Waals surface area contributed by atoms with Crippen LogP contribution in [0.1, 0.15) is 57.7 Å². The number of hydrogen-bond acceptors (Lipinski definition) is 10. The molecule has 3 fully saturated rings. The number of hydrogen-bond donors (Lipinski definition) is 3. The minimum absolute atomic E-state index is 0.0145. The maximum atomic E-state index is 13.5. The zero-order chi connectivity index (χ0) is 34.5. The summed E-state index contributed by atoms with van der Waals surface area (Å²) in [5, 5.41) is 21.5. The number of nitrogens with zero attached hydrogens (tertiary/aromatic N) is 8. The molecule has 0 radical (unpaired) electrons. The number of carbonyl (C=O) groups excluding carboxylic acids is 3. The van der Waals surface area contributed by atoms with Crippen molar-refractivity contribution in [1.82, 2.24) is 40.1 Å². The number of nitrogens with one attached hydrogen (secondary N) is 3. The summed E-state index contributed by atoms with van der Waals surface area (Å²) in [6, 6.07) is 13.4. The molecule has 0 unspecified atom stereocenters. The van der Waals surface area contributed by atoms with Crippen molar-refractivity contribution in [2.75, 3.05) is 55.8 Å². The molecule has 2 atom stereocenters. The Morgan fingerprint density at radius 1 is 1.00 bits per heavy atom. The third-order valence-corrected chi connectivity index (χ3v) is 9.89. The number of halogens is 1. The molecule has 4 aromatic rings. The van der Waals surface area contributed by atoms with Crippen molar-refractivity contribution in [3.05, 3.63) is 71.4 Å². The molecular weight excluding hydrogens is 641 g/mol. The van der Waals surface area contributed by atoms with E-state index in [4.69, 9.17) is 5.10 Å². The molecule has 14 nitrogen and oxygen atoms in total. The van der Waals surface area contributed by atoms with E-state index in [1.165, 1.54) is 13.1 Å². The summed E-state index contributed by atoms with van der Waals surface area (Å²) in [5.74, 6) is -1.46. The zero-order valence-corrected chi connectivity index (χ0v) is 27.9. The lowest BCUT2D eigenvalue weighted by Crippen LogP contribution is -2.48. The number of benzene rings is 1. The first kappa shape index (κ1) is 31.8. The van der Waals surface area contributed by atoms with Crippen LogP contribution in [0.3, 0.4) is 0 Å². The fourth-order valence-electron chi connectivity index (χ4n) is 7.12. The lowest BCUT2D eigenvalue weighted by Gasteiger charge is -2.40. The Bertz CT molecular complexity index is 1990. The molecule has 50 heavy (non-hydrogen) atoms. The van der Waals surface area contributed by atoms with Gasteiger partial charge in [0.25, 0.3) is 11.8 Å². The fraction of sp³-hybridized carbons (Fsp3) is 0.400. The summed E-state index contributed by atoms with van der Waals surface area (Å²) in [7, 11) is 3.52. The number of pyridine rings is 1. The summed E-state index contributed by atoms with van der Waals surface area (Å²) in [5.41, 5.74) is 6.60. The summed E-state index contributed by atoms with van der Waals surface area (Å²) in [6.45, 7) is 4.53. The van der Waals surface area contributed by atoms with E-state index in [0.29, 0.717) is 24.5 Å². The molecule has 6 heterocycles. The molecular formula is C35H38FN11O3. The highest BCUT2D eigenvalue weighted by Gasteiger charge is 2.44. The number of amides is 3. The van der Waals surface area contributed by atoms with E-state index in [1.54, 1.807) is 6.07 Å². The Balaban J connectivity index is 0.989. The van der Waals surface area contributed by atoms with Crippen molar-refractivity contribution in [3.63, 3.8) is 0 Å². The molecule has 0 bridgehead atoms. The van der Waals surface area contributed by atoms with Crippen molar-refractivity contribution in [3.8, 4) is 11.1 Å². The van der Waals surface area contributed by atoms with E-state index in [1.807, 2.05) is 42.4 Å². The van der Waals surface area contributed by atoms with Gasteiger partial charge in [-0.25, -0.2) is 9.37 Å². The van der Waals surface area contributed by atoms with Crippen molar-refractivity contribution in [2.45, 2.75) is 44.6 Å². The van der Waals surface area contributed by atoms with Crippen LogP contribution in [0.5, 0.6) is 0 Å². The first-order valence-corrected chi connectivity index (χ1v) is 17.0. The van der Waals surface area contributed by atoms with Crippen LogP contribution >= 0.6 is 0 Å². The maximum absolute atomic E-state index is 13.5. The minimum atomic E-state index is -1.15. The molecule has 3 aromatic heterocycles. The van der Waals surface area contributed by atoms with Crippen LogP contribution in [0.4, 0.5) is 27.3 Å². The Hall–Kier alpha value is -5.44. The highest BCUT2D eigenvalue weighted by Crippen LogP contribution is 2.45. The van der Waals surface area contributed by atoms with Crippen LogP contribution in [-0.2, 0) is 17.9 Å². The van der Waals surface area contributed by atoms with Gasteiger partial charge in [0.05, 0.1) is 53.2 Å². The van der Waals surface area contributed by atoms with Gasteiger partial charge in [-0.1, -0.05) is 18.2 Å². The SMILES string of the molecule is CNC(=O)c1nnc(NC(=O)[C@@H]2C[C@@H]2F)cc1Nc1cccc2c1N(C)Cc1c-2cnn1C1CN(Cc2cccc(C(=O)N3CCCC3)n2)C1. The van der Waals surface area contributed by atoms with Gasteiger partial charge in [0.2, 0.25) is 5.91 Å². The van der Waals surface area contributed by atoms with Crippen molar-refractivity contribution < 1.29 is 18.8 Å². The van der Waals surface area contributed by atoms with Gasteiger partial charge in [-0.15, -0.1) is 10.2 Å². The van der Waals surface area contributed by atoms with Gasteiger partial charge >= 0.3 is 0 Å². The van der Waals surface area contributed by atoms with Crippen molar-refractivity contribution in [2.24, 2.45) is 5.92 Å². The second-order valence-electron chi connectivity index (χ2n) is 13.4. The molecule has 3 aliphatic heterocycles. The number of likely N-dealkylation sites (tertiary alicyclic amines) is 2. The number of rotatable bonds is 9. The maximum Gasteiger partial charge on any atom is 0.273 e. The van der Waals surface area contributed by atoms with Crippen molar-refractivity contribution >= 4 is 40.6 Å².